The number of piperidine rings is 1. The van der Waals surface area contributed by atoms with Crippen LogP contribution < -0.4 is 0 Å². The first-order valence-electron chi connectivity index (χ1n) is 7.27. The Morgan fingerprint density at radius 2 is 2.19 bits per heavy atom. The standard InChI is InChI=1S/C14H19N5OS/c1-3-18-8-16-17-13(18)11-4-6-19(7-5-11)14(20)12-10(2)15-9-21-12/h8-9,11H,3-7H2,1-2H3. The molecule has 0 spiro atoms. The molecule has 3 rings (SSSR count). The van der Waals surface area contributed by atoms with Gasteiger partial charge in [-0.05, 0) is 26.7 Å². The van der Waals surface area contributed by atoms with Gasteiger partial charge >= 0.3 is 0 Å². The average Bonchev–Trinajstić information content (AvgIpc) is 3.15. The van der Waals surface area contributed by atoms with Crippen LogP contribution in [0.25, 0.3) is 0 Å². The number of hydrogen-bond donors (Lipinski definition) is 0. The molecule has 21 heavy (non-hydrogen) atoms. The molecule has 0 radical (unpaired) electrons. The zero-order valence-electron chi connectivity index (χ0n) is 12.3. The Kier molecular flexibility index (Phi) is 4.01. The molecule has 0 atom stereocenters. The number of aromatic nitrogens is 4. The van der Waals surface area contributed by atoms with E-state index in [2.05, 4.69) is 26.7 Å². The van der Waals surface area contributed by atoms with Crippen molar-refractivity contribution in [1.29, 1.82) is 0 Å². The maximum absolute atomic E-state index is 12.5. The minimum absolute atomic E-state index is 0.116. The van der Waals surface area contributed by atoms with Gasteiger partial charge in [-0.3, -0.25) is 4.79 Å². The van der Waals surface area contributed by atoms with Crippen LogP contribution in [-0.2, 0) is 6.54 Å². The van der Waals surface area contributed by atoms with Crippen molar-refractivity contribution in [2.75, 3.05) is 13.1 Å². The normalized spacial score (nSPS) is 16.4. The van der Waals surface area contributed by atoms with E-state index in [1.165, 1.54) is 11.3 Å². The minimum atomic E-state index is 0.116. The number of nitrogens with zero attached hydrogens (tertiary/aromatic N) is 5. The van der Waals surface area contributed by atoms with E-state index >= 15 is 0 Å². The first-order valence-corrected chi connectivity index (χ1v) is 8.15. The molecule has 0 N–H and O–H groups in total. The summed E-state index contributed by atoms with van der Waals surface area (Å²) in [5, 5.41) is 8.25. The lowest BCUT2D eigenvalue weighted by Crippen LogP contribution is -2.38. The number of aryl methyl sites for hydroxylation is 2. The molecule has 1 fully saturated rings. The van der Waals surface area contributed by atoms with Crippen molar-refractivity contribution < 1.29 is 4.79 Å². The van der Waals surface area contributed by atoms with E-state index in [1.54, 1.807) is 11.8 Å². The largest absolute Gasteiger partial charge is 0.338 e. The van der Waals surface area contributed by atoms with Crippen LogP contribution >= 0.6 is 11.3 Å². The molecule has 1 amide bonds. The van der Waals surface area contributed by atoms with Gasteiger partial charge in [-0.15, -0.1) is 21.5 Å². The third-order valence-electron chi connectivity index (χ3n) is 4.07. The van der Waals surface area contributed by atoms with Crippen LogP contribution in [0.4, 0.5) is 0 Å². The van der Waals surface area contributed by atoms with E-state index < -0.39 is 0 Å². The summed E-state index contributed by atoms with van der Waals surface area (Å²) in [4.78, 5) is 19.3. The van der Waals surface area contributed by atoms with Gasteiger partial charge in [0.25, 0.3) is 5.91 Å². The fraction of sp³-hybridized carbons (Fsp3) is 0.571. The molecule has 6 nitrogen and oxygen atoms in total. The van der Waals surface area contributed by atoms with Crippen LogP contribution in [0.3, 0.4) is 0 Å². The maximum Gasteiger partial charge on any atom is 0.265 e. The van der Waals surface area contributed by atoms with Crippen molar-refractivity contribution in [1.82, 2.24) is 24.6 Å². The fourth-order valence-electron chi connectivity index (χ4n) is 2.82. The van der Waals surface area contributed by atoms with Gasteiger partial charge in [-0.25, -0.2) is 4.98 Å². The summed E-state index contributed by atoms with van der Waals surface area (Å²) in [6, 6.07) is 0. The van der Waals surface area contributed by atoms with Crippen LogP contribution in [0.1, 0.15) is 46.9 Å². The van der Waals surface area contributed by atoms with Crippen LogP contribution in [-0.4, -0.2) is 43.6 Å². The molecular weight excluding hydrogens is 286 g/mol. The van der Waals surface area contributed by atoms with E-state index in [-0.39, 0.29) is 5.91 Å². The molecule has 112 valence electrons. The number of likely N-dealkylation sites (tertiary alicyclic amines) is 1. The van der Waals surface area contributed by atoms with E-state index in [0.717, 1.165) is 48.9 Å². The second kappa shape index (κ2) is 5.93. The quantitative estimate of drug-likeness (QED) is 0.871. The van der Waals surface area contributed by atoms with E-state index in [4.69, 9.17) is 0 Å². The maximum atomic E-state index is 12.5. The second-order valence-electron chi connectivity index (χ2n) is 5.31. The SMILES string of the molecule is CCn1cnnc1C1CCN(C(=O)c2scnc2C)CC1. The van der Waals surface area contributed by atoms with Crippen LogP contribution in [0.15, 0.2) is 11.8 Å². The highest BCUT2D eigenvalue weighted by molar-refractivity contribution is 7.11. The lowest BCUT2D eigenvalue weighted by molar-refractivity contribution is 0.0714. The van der Waals surface area contributed by atoms with Gasteiger partial charge in [0, 0.05) is 25.6 Å². The molecule has 0 aliphatic carbocycles. The summed E-state index contributed by atoms with van der Waals surface area (Å²) in [7, 11) is 0. The van der Waals surface area contributed by atoms with Crippen molar-refractivity contribution in [3.05, 3.63) is 28.2 Å². The summed E-state index contributed by atoms with van der Waals surface area (Å²) in [6.45, 7) is 6.43. The van der Waals surface area contributed by atoms with E-state index in [9.17, 15) is 4.79 Å². The predicted octanol–water partition coefficient (Wildman–Crippen LogP) is 2.08. The molecular formula is C14H19N5OS. The monoisotopic (exact) mass is 305 g/mol. The molecule has 0 aromatic carbocycles. The molecule has 2 aromatic heterocycles. The summed E-state index contributed by atoms with van der Waals surface area (Å²) >= 11 is 1.43. The second-order valence-corrected chi connectivity index (χ2v) is 6.16. The number of thiazole rings is 1. The highest BCUT2D eigenvalue weighted by Crippen LogP contribution is 2.28. The van der Waals surface area contributed by atoms with Crippen LogP contribution in [0.5, 0.6) is 0 Å². The first kappa shape index (κ1) is 14.2. The Morgan fingerprint density at radius 1 is 1.43 bits per heavy atom. The highest BCUT2D eigenvalue weighted by atomic mass is 32.1. The Labute approximate surface area is 127 Å². The van der Waals surface area contributed by atoms with Gasteiger partial charge in [0.05, 0.1) is 11.2 Å². The molecule has 1 saturated heterocycles. The summed E-state index contributed by atoms with van der Waals surface area (Å²) < 4.78 is 2.09. The molecule has 2 aromatic rings. The van der Waals surface area contributed by atoms with Crippen LogP contribution in [0.2, 0.25) is 0 Å². The lowest BCUT2D eigenvalue weighted by Gasteiger charge is -2.31. The molecule has 1 aliphatic rings. The van der Waals surface area contributed by atoms with Crippen molar-refractivity contribution in [2.45, 2.75) is 39.2 Å². The van der Waals surface area contributed by atoms with E-state index in [0.29, 0.717) is 5.92 Å². The number of rotatable bonds is 3. The molecule has 0 unspecified atom stereocenters. The smallest absolute Gasteiger partial charge is 0.265 e. The molecule has 1 aliphatic heterocycles. The number of hydrogen-bond acceptors (Lipinski definition) is 5. The summed E-state index contributed by atoms with van der Waals surface area (Å²) in [5.74, 6) is 1.57. The van der Waals surface area contributed by atoms with Crippen molar-refractivity contribution in [3.8, 4) is 0 Å². The van der Waals surface area contributed by atoms with Crippen LogP contribution in [0, 0.1) is 6.92 Å². The average molecular weight is 305 g/mol. The highest BCUT2D eigenvalue weighted by Gasteiger charge is 2.28. The van der Waals surface area contributed by atoms with E-state index in [1.807, 2.05) is 11.8 Å². The Hall–Kier alpha value is -1.76. The van der Waals surface area contributed by atoms with Gasteiger partial charge in [-0.1, -0.05) is 0 Å². The molecule has 7 heteroatoms. The third kappa shape index (κ3) is 2.70. The Morgan fingerprint density at radius 3 is 2.81 bits per heavy atom. The van der Waals surface area contributed by atoms with Crippen molar-refractivity contribution in [2.24, 2.45) is 0 Å². The van der Waals surface area contributed by atoms with Gasteiger partial charge < -0.3 is 9.47 Å². The van der Waals surface area contributed by atoms with Crippen molar-refractivity contribution in [3.63, 3.8) is 0 Å². The Bertz CT molecular complexity index is 627. The fourth-order valence-corrected chi connectivity index (χ4v) is 3.58. The minimum Gasteiger partial charge on any atom is -0.338 e. The lowest BCUT2D eigenvalue weighted by atomic mass is 9.95. The third-order valence-corrected chi connectivity index (χ3v) is 4.99. The van der Waals surface area contributed by atoms with Gasteiger partial charge in [0.1, 0.15) is 17.0 Å². The molecule has 0 saturated carbocycles. The zero-order chi connectivity index (χ0) is 14.8. The van der Waals surface area contributed by atoms with Gasteiger partial charge in [0.2, 0.25) is 0 Å². The topological polar surface area (TPSA) is 63.9 Å². The van der Waals surface area contributed by atoms with Crippen molar-refractivity contribution >= 4 is 17.2 Å². The Balaban J connectivity index is 1.66. The summed E-state index contributed by atoms with van der Waals surface area (Å²) in [6.07, 6.45) is 3.68. The summed E-state index contributed by atoms with van der Waals surface area (Å²) in [5.41, 5.74) is 2.57. The number of amides is 1. The van der Waals surface area contributed by atoms with Gasteiger partial charge in [-0.2, -0.15) is 0 Å². The van der Waals surface area contributed by atoms with Gasteiger partial charge in [0.15, 0.2) is 0 Å². The number of carbonyl (C=O) groups is 1. The number of carbonyl (C=O) groups excluding carboxylic acids is 1. The zero-order valence-corrected chi connectivity index (χ0v) is 13.1. The molecule has 0 bridgehead atoms. The predicted molar refractivity (Wildman–Crippen MR) is 80.4 cm³/mol. The first-order chi connectivity index (χ1) is 10.2. The molecule has 3 heterocycles.